The van der Waals surface area contributed by atoms with Gasteiger partial charge in [-0.3, -0.25) is 0 Å². The van der Waals surface area contributed by atoms with Crippen LogP contribution in [0.15, 0.2) is 10.7 Å². The SMILES string of the molecule is OCC1(COc2cc(I)nc(Br)c2O)CC1. The number of aliphatic hydroxyl groups excluding tert-OH is 1. The number of hydrogen-bond acceptors (Lipinski definition) is 4. The second-order valence-electron chi connectivity index (χ2n) is 4.03. The van der Waals surface area contributed by atoms with Crippen molar-refractivity contribution in [2.45, 2.75) is 12.8 Å². The average Bonchev–Trinajstić information content (AvgIpc) is 3.02. The molecule has 1 heterocycles. The number of rotatable bonds is 4. The predicted molar refractivity (Wildman–Crippen MR) is 70.6 cm³/mol. The second kappa shape index (κ2) is 4.66. The first kappa shape index (κ1) is 12.4. The minimum Gasteiger partial charge on any atom is -0.502 e. The third kappa shape index (κ3) is 2.60. The summed E-state index contributed by atoms with van der Waals surface area (Å²) in [4.78, 5) is 4.04. The molecule has 4 nitrogen and oxygen atoms in total. The van der Waals surface area contributed by atoms with Gasteiger partial charge < -0.3 is 14.9 Å². The molecule has 88 valence electrons. The van der Waals surface area contributed by atoms with Crippen LogP contribution in [0.1, 0.15) is 12.8 Å². The molecule has 1 saturated carbocycles. The number of aromatic nitrogens is 1. The standard InChI is InChI=1S/C10H11BrINO3/c11-9-8(15)6(3-7(12)13-9)16-5-10(4-14)1-2-10/h3,14-15H,1-2,4-5H2. The zero-order chi connectivity index (χ0) is 11.8. The molecule has 2 N–H and O–H groups in total. The van der Waals surface area contributed by atoms with Gasteiger partial charge in [-0.05, 0) is 51.4 Å². The summed E-state index contributed by atoms with van der Waals surface area (Å²) in [5.41, 5.74) is -0.0897. The summed E-state index contributed by atoms with van der Waals surface area (Å²) in [5.74, 6) is 0.417. The van der Waals surface area contributed by atoms with Crippen molar-refractivity contribution < 1.29 is 14.9 Å². The third-order valence-corrected chi connectivity index (χ3v) is 3.82. The molecule has 0 radical (unpaired) electrons. The highest BCUT2D eigenvalue weighted by Gasteiger charge is 2.43. The highest BCUT2D eigenvalue weighted by atomic mass is 127. The highest BCUT2D eigenvalue weighted by Crippen LogP contribution is 2.46. The Hall–Kier alpha value is -0.0800. The molecular weight excluding hydrogens is 389 g/mol. The second-order valence-corrected chi connectivity index (χ2v) is 5.89. The fraction of sp³-hybridized carbons (Fsp3) is 0.500. The molecule has 0 aromatic carbocycles. The van der Waals surface area contributed by atoms with E-state index in [0.717, 1.165) is 16.5 Å². The van der Waals surface area contributed by atoms with Crippen LogP contribution < -0.4 is 4.74 Å². The molecule has 0 atom stereocenters. The first-order valence-electron chi connectivity index (χ1n) is 4.85. The Bertz CT molecular complexity index is 409. The first-order valence-corrected chi connectivity index (χ1v) is 6.72. The molecule has 0 bridgehead atoms. The molecule has 6 heteroatoms. The zero-order valence-corrected chi connectivity index (χ0v) is 12.2. The summed E-state index contributed by atoms with van der Waals surface area (Å²) in [6, 6.07) is 1.67. The maximum absolute atomic E-state index is 9.71. The topological polar surface area (TPSA) is 62.6 Å². The van der Waals surface area contributed by atoms with E-state index < -0.39 is 0 Å². The molecule has 0 aliphatic heterocycles. The van der Waals surface area contributed by atoms with Crippen LogP contribution in [0.5, 0.6) is 11.5 Å². The van der Waals surface area contributed by atoms with Gasteiger partial charge in [0, 0.05) is 11.5 Å². The van der Waals surface area contributed by atoms with Crippen LogP contribution in [0.2, 0.25) is 0 Å². The quantitative estimate of drug-likeness (QED) is 0.602. The maximum Gasteiger partial charge on any atom is 0.191 e. The van der Waals surface area contributed by atoms with E-state index in [4.69, 9.17) is 9.84 Å². The summed E-state index contributed by atoms with van der Waals surface area (Å²) < 4.78 is 6.65. The maximum atomic E-state index is 9.71. The molecule has 2 rings (SSSR count). The lowest BCUT2D eigenvalue weighted by molar-refractivity contribution is 0.144. The molecule has 1 aromatic heterocycles. The third-order valence-electron chi connectivity index (χ3n) is 2.71. The molecule has 0 saturated heterocycles. The van der Waals surface area contributed by atoms with E-state index in [1.165, 1.54) is 0 Å². The van der Waals surface area contributed by atoms with Crippen LogP contribution in [0.3, 0.4) is 0 Å². The van der Waals surface area contributed by atoms with Crippen molar-refractivity contribution in [1.82, 2.24) is 4.98 Å². The smallest absolute Gasteiger partial charge is 0.191 e. The van der Waals surface area contributed by atoms with Gasteiger partial charge in [0.05, 0.1) is 13.2 Å². The Morgan fingerprint density at radius 2 is 2.25 bits per heavy atom. The number of nitrogens with zero attached hydrogens (tertiary/aromatic N) is 1. The summed E-state index contributed by atoms with van der Waals surface area (Å²) in [6.07, 6.45) is 1.96. The number of hydrogen-bond donors (Lipinski definition) is 2. The van der Waals surface area contributed by atoms with Crippen LogP contribution in [0, 0.1) is 9.12 Å². The van der Waals surface area contributed by atoms with Gasteiger partial charge in [-0.25, -0.2) is 4.98 Å². The molecule has 0 amide bonds. The number of aliphatic hydroxyl groups is 1. The Labute approximate surface area is 115 Å². The van der Waals surface area contributed by atoms with Gasteiger partial charge in [-0.2, -0.15) is 0 Å². The van der Waals surface area contributed by atoms with Crippen molar-refractivity contribution in [3.05, 3.63) is 14.4 Å². The van der Waals surface area contributed by atoms with E-state index in [1.54, 1.807) is 6.07 Å². The van der Waals surface area contributed by atoms with E-state index in [-0.39, 0.29) is 17.8 Å². The lowest BCUT2D eigenvalue weighted by Crippen LogP contribution is -2.17. The summed E-state index contributed by atoms with van der Waals surface area (Å²) in [7, 11) is 0. The fourth-order valence-corrected chi connectivity index (χ4v) is 2.56. The van der Waals surface area contributed by atoms with E-state index >= 15 is 0 Å². The van der Waals surface area contributed by atoms with Gasteiger partial charge in [0.25, 0.3) is 0 Å². The molecular formula is C10H11BrINO3. The number of pyridine rings is 1. The Balaban J connectivity index is 2.09. The van der Waals surface area contributed by atoms with E-state index in [0.29, 0.717) is 17.0 Å². The highest BCUT2D eigenvalue weighted by molar-refractivity contribution is 14.1. The van der Waals surface area contributed by atoms with Gasteiger partial charge in [-0.1, -0.05) is 0 Å². The van der Waals surface area contributed by atoms with Crippen LogP contribution in [-0.2, 0) is 0 Å². The van der Waals surface area contributed by atoms with E-state index in [2.05, 4.69) is 43.5 Å². The molecule has 1 aliphatic carbocycles. The fourth-order valence-electron chi connectivity index (χ4n) is 1.32. The number of aromatic hydroxyl groups is 1. The van der Waals surface area contributed by atoms with Crippen LogP contribution >= 0.6 is 38.5 Å². The van der Waals surface area contributed by atoms with E-state index in [9.17, 15) is 5.11 Å². The lowest BCUT2D eigenvalue weighted by Gasteiger charge is -2.14. The van der Waals surface area contributed by atoms with Crippen LogP contribution in [0.4, 0.5) is 0 Å². The summed E-state index contributed by atoms with van der Waals surface area (Å²) in [5, 5.41) is 18.9. The van der Waals surface area contributed by atoms with Crippen molar-refractivity contribution in [3.8, 4) is 11.5 Å². The molecule has 1 fully saturated rings. The lowest BCUT2D eigenvalue weighted by atomic mass is 10.1. The molecule has 16 heavy (non-hydrogen) atoms. The van der Waals surface area contributed by atoms with Gasteiger partial charge >= 0.3 is 0 Å². The van der Waals surface area contributed by atoms with Crippen molar-refractivity contribution in [2.24, 2.45) is 5.41 Å². The Kier molecular flexibility index (Phi) is 3.60. The summed E-state index contributed by atoms with van der Waals surface area (Å²) >= 11 is 5.21. The molecule has 0 unspecified atom stereocenters. The first-order chi connectivity index (χ1) is 7.56. The molecule has 1 aliphatic rings. The van der Waals surface area contributed by atoms with Gasteiger partial charge in [0.1, 0.15) is 3.70 Å². The van der Waals surface area contributed by atoms with Crippen molar-refractivity contribution in [3.63, 3.8) is 0 Å². The van der Waals surface area contributed by atoms with Crippen LogP contribution in [-0.4, -0.2) is 28.4 Å². The van der Waals surface area contributed by atoms with Gasteiger partial charge in [-0.15, -0.1) is 0 Å². The van der Waals surface area contributed by atoms with Gasteiger partial charge in [0.15, 0.2) is 16.1 Å². The normalized spacial score (nSPS) is 17.2. The van der Waals surface area contributed by atoms with E-state index in [1.807, 2.05) is 0 Å². The number of halogens is 2. The van der Waals surface area contributed by atoms with Crippen molar-refractivity contribution in [1.29, 1.82) is 0 Å². The minimum atomic E-state index is -0.0897. The van der Waals surface area contributed by atoms with Crippen molar-refractivity contribution >= 4 is 38.5 Å². The number of ether oxygens (including phenoxy) is 1. The van der Waals surface area contributed by atoms with Crippen LogP contribution in [0.25, 0.3) is 0 Å². The zero-order valence-electron chi connectivity index (χ0n) is 8.41. The monoisotopic (exact) mass is 399 g/mol. The average molecular weight is 400 g/mol. The summed E-state index contributed by atoms with van der Waals surface area (Å²) in [6.45, 7) is 0.570. The van der Waals surface area contributed by atoms with Gasteiger partial charge in [0.2, 0.25) is 0 Å². The predicted octanol–water partition coefficient (Wildman–Crippen LogP) is 2.31. The molecule has 0 spiro atoms. The Morgan fingerprint density at radius 3 is 2.81 bits per heavy atom. The Morgan fingerprint density at radius 1 is 1.56 bits per heavy atom. The largest absolute Gasteiger partial charge is 0.502 e. The minimum absolute atomic E-state index is 0.00848. The molecule has 1 aromatic rings. The van der Waals surface area contributed by atoms with Crippen molar-refractivity contribution in [2.75, 3.05) is 13.2 Å².